The van der Waals surface area contributed by atoms with Gasteiger partial charge in [-0.05, 0) is 0 Å². The first-order chi connectivity index (χ1) is 6.84. The molecule has 76 valence electrons. The number of rotatable bonds is 2. The third-order valence-electron chi connectivity index (χ3n) is 2.22. The van der Waals surface area contributed by atoms with Crippen molar-refractivity contribution in [3.8, 4) is 0 Å². The minimum atomic E-state index is -0.0327. The summed E-state index contributed by atoms with van der Waals surface area (Å²) in [4.78, 5) is 11.0. The quantitative estimate of drug-likeness (QED) is 0.491. The van der Waals surface area contributed by atoms with Gasteiger partial charge in [0.1, 0.15) is 0 Å². The molecule has 1 heterocycles. The van der Waals surface area contributed by atoms with Crippen LogP contribution in [-0.2, 0) is 4.79 Å². The van der Waals surface area contributed by atoms with Crippen LogP contribution >= 0.6 is 0 Å². The Hall–Kier alpha value is -0.420. The van der Waals surface area contributed by atoms with Crippen LogP contribution in [0.15, 0.2) is 30.3 Å². The SMILES string of the molecule is O=C1CCN([I-]c2ccccc2)CC1. The zero-order valence-electron chi connectivity index (χ0n) is 7.95. The van der Waals surface area contributed by atoms with Gasteiger partial charge in [0.15, 0.2) is 0 Å². The third-order valence-corrected chi connectivity index (χ3v) is 5.14. The van der Waals surface area contributed by atoms with Crippen molar-refractivity contribution >= 4 is 5.78 Å². The summed E-state index contributed by atoms with van der Waals surface area (Å²) in [6.45, 7) is 1.95. The monoisotopic (exact) mass is 302 g/mol. The molecule has 0 unspecified atom stereocenters. The van der Waals surface area contributed by atoms with Crippen LogP contribution in [0.1, 0.15) is 12.8 Å². The van der Waals surface area contributed by atoms with Crippen molar-refractivity contribution in [2.45, 2.75) is 12.8 Å². The summed E-state index contributed by atoms with van der Waals surface area (Å²) in [5.74, 6) is 0.429. The molecule has 0 aromatic heterocycles. The van der Waals surface area contributed by atoms with Crippen molar-refractivity contribution in [1.82, 2.24) is 3.11 Å². The molecule has 14 heavy (non-hydrogen) atoms. The van der Waals surface area contributed by atoms with Crippen molar-refractivity contribution in [3.05, 3.63) is 33.9 Å². The van der Waals surface area contributed by atoms with Crippen LogP contribution in [0.3, 0.4) is 0 Å². The summed E-state index contributed by atoms with van der Waals surface area (Å²) >= 11 is -0.0327. The Balaban J connectivity index is 1.89. The second kappa shape index (κ2) is 4.89. The molecule has 0 N–H and O–H groups in total. The van der Waals surface area contributed by atoms with Crippen LogP contribution in [-0.4, -0.2) is 22.0 Å². The van der Waals surface area contributed by atoms with Crippen LogP contribution in [0.5, 0.6) is 0 Å². The first-order valence-corrected chi connectivity index (χ1v) is 6.86. The molecule has 0 saturated carbocycles. The zero-order valence-corrected chi connectivity index (χ0v) is 10.1. The number of benzene rings is 1. The molecule has 0 atom stereocenters. The number of Topliss-reactive ketones (excluding diaryl/α,β-unsaturated/α-hetero) is 1. The molecule has 0 radical (unpaired) electrons. The molecule has 1 aliphatic heterocycles. The fourth-order valence-corrected chi connectivity index (χ4v) is 3.91. The molecule has 3 heteroatoms. The van der Waals surface area contributed by atoms with E-state index in [1.54, 1.807) is 0 Å². The summed E-state index contributed by atoms with van der Waals surface area (Å²) in [7, 11) is 0. The number of piperidine rings is 1. The Morgan fingerprint density at radius 3 is 2.36 bits per heavy atom. The Bertz CT molecular complexity index is 302. The van der Waals surface area contributed by atoms with E-state index in [-0.39, 0.29) is 21.5 Å². The van der Waals surface area contributed by atoms with Crippen molar-refractivity contribution in [2.24, 2.45) is 0 Å². The van der Waals surface area contributed by atoms with Gasteiger partial charge in [0.25, 0.3) is 0 Å². The van der Waals surface area contributed by atoms with Crippen molar-refractivity contribution < 1.29 is 26.3 Å². The maximum absolute atomic E-state index is 11.0. The summed E-state index contributed by atoms with van der Waals surface area (Å²) < 4.78 is 3.90. The average Bonchev–Trinajstić information content (AvgIpc) is 2.23. The van der Waals surface area contributed by atoms with E-state index in [1.165, 1.54) is 3.57 Å². The fraction of sp³-hybridized carbons (Fsp3) is 0.364. The molecule has 2 rings (SSSR count). The maximum atomic E-state index is 11.0. The molecular weight excluding hydrogens is 289 g/mol. The number of carbonyl (C=O) groups is 1. The summed E-state index contributed by atoms with van der Waals surface area (Å²) in [5, 5.41) is 0. The first-order valence-electron chi connectivity index (χ1n) is 4.81. The molecular formula is C11H13INO-. The number of nitrogens with zero attached hydrogens (tertiary/aromatic N) is 1. The second-order valence-corrected chi connectivity index (χ2v) is 6.42. The van der Waals surface area contributed by atoms with Gasteiger partial charge in [-0.1, -0.05) is 0 Å². The van der Waals surface area contributed by atoms with E-state index >= 15 is 0 Å². The number of hydrogen-bond donors (Lipinski definition) is 0. The normalized spacial score (nSPS) is 18.7. The van der Waals surface area contributed by atoms with Crippen LogP contribution in [0.25, 0.3) is 0 Å². The van der Waals surface area contributed by atoms with E-state index in [2.05, 4.69) is 27.4 Å². The molecule has 0 spiro atoms. The second-order valence-electron chi connectivity index (χ2n) is 3.33. The minimum absolute atomic E-state index is 0.0327. The summed E-state index contributed by atoms with van der Waals surface area (Å²) in [6, 6.07) is 10.6. The van der Waals surface area contributed by atoms with Crippen LogP contribution in [0, 0.1) is 3.57 Å². The first kappa shape index (κ1) is 10.1. The molecule has 0 aliphatic carbocycles. The molecule has 0 amide bonds. The van der Waals surface area contributed by atoms with Gasteiger partial charge in [-0.25, -0.2) is 0 Å². The number of halogens is 1. The summed E-state index contributed by atoms with van der Waals surface area (Å²) in [5.41, 5.74) is 0. The van der Waals surface area contributed by atoms with E-state index in [0.29, 0.717) is 5.78 Å². The fourth-order valence-electron chi connectivity index (χ4n) is 1.42. The Kier molecular flexibility index (Phi) is 3.53. The summed E-state index contributed by atoms with van der Waals surface area (Å²) in [6.07, 6.45) is 1.51. The van der Waals surface area contributed by atoms with Gasteiger partial charge in [-0.2, -0.15) is 0 Å². The Morgan fingerprint density at radius 1 is 1.07 bits per heavy atom. The Labute approximate surface area is 94.9 Å². The average molecular weight is 302 g/mol. The third kappa shape index (κ3) is 2.78. The van der Waals surface area contributed by atoms with E-state index in [1.807, 2.05) is 6.07 Å². The molecule has 1 aliphatic rings. The van der Waals surface area contributed by atoms with E-state index in [9.17, 15) is 4.79 Å². The molecule has 1 fully saturated rings. The zero-order chi connectivity index (χ0) is 9.80. The van der Waals surface area contributed by atoms with E-state index in [4.69, 9.17) is 0 Å². The standard InChI is InChI=1S/C11H13INO/c14-11-6-8-13(9-7-11)12-10-4-2-1-3-5-10/h1-5H,6-9H2/q-1. The molecule has 2 nitrogen and oxygen atoms in total. The molecule has 0 bridgehead atoms. The van der Waals surface area contributed by atoms with Gasteiger partial charge in [0.2, 0.25) is 0 Å². The topological polar surface area (TPSA) is 20.3 Å². The molecule has 1 aromatic rings. The van der Waals surface area contributed by atoms with Crippen LogP contribution in [0.4, 0.5) is 0 Å². The van der Waals surface area contributed by atoms with E-state index < -0.39 is 0 Å². The van der Waals surface area contributed by atoms with Crippen LogP contribution in [0.2, 0.25) is 0 Å². The van der Waals surface area contributed by atoms with Gasteiger partial charge in [0.05, 0.1) is 0 Å². The van der Waals surface area contributed by atoms with Gasteiger partial charge in [0, 0.05) is 0 Å². The van der Waals surface area contributed by atoms with Gasteiger partial charge < -0.3 is 0 Å². The number of hydrogen-bond acceptors (Lipinski definition) is 2. The Morgan fingerprint density at radius 2 is 1.71 bits per heavy atom. The predicted molar refractivity (Wildman–Crippen MR) is 51.0 cm³/mol. The van der Waals surface area contributed by atoms with E-state index in [0.717, 1.165) is 25.9 Å². The molecule has 1 saturated heterocycles. The van der Waals surface area contributed by atoms with Gasteiger partial charge >= 0.3 is 95.0 Å². The number of ketones is 1. The predicted octanol–water partition coefficient (Wildman–Crippen LogP) is -1.47. The van der Waals surface area contributed by atoms with Gasteiger partial charge in [-0.15, -0.1) is 0 Å². The van der Waals surface area contributed by atoms with Crippen molar-refractivity contribution in [2.75, 3.05) is 13.1 Å². The number of carbonyl (C=O) groups excluding carboxylic acids is 1. The van der Waals surface area contributed by atoms with Crippen molar-refractivity contribution in [1.29, 1.82) is 0 Å². The van der Waals surface area contributed by atoms with Gasteiger partial charge in [-0.3, -0.25) is 0 Å². The van der Waals surface area contributed by atoms with Crippen molar-refractivity contribution in [3.63, 3.8) is 0 Å². The molecule has 1 aromatic carbocycles. The van der Waals surface area contributed by atoms with Crippen LogP contribution < -0.4 is 21.5 Å².